The van der Waals surface area contributed by atoms with Gasteiger partial charge in [-0.3, -0.25) is 4.79 Å². The number of aliphatic hydroxyl groups is 1. The molecule has 92 valence electrons. The van der Waals surface area contributed by atoms with Gasteiger partial charge in [0.25, 0.3) is 0 Å². The Kier molecular flexibility index (Phi) is 5.43. The molecule has 1 aromatic rings. The van der Waals surface area contributed by atoms with E-state index in [1.165, 1.54) is 6.92 Å². The van der Waals surface area contributed by atoms with Crippen LogP contribution in [0.2, 0.25) is 0 Å². The van der Waals surface area contributed by atoms with Crippen LogP contribution in [0.15, 0.2) is 36.9 Å². The molecule has 0 aliphatic heterocycles. The van der Waals surface area contributed by atoms with E-state index in [2.05, 4.69) is 6.58 Å². The molecule has 0 aliphatic carbocycles. The minimum atomic E-state index is -0.333. The number of esters is 1. The van der Waals surface area contributed by atoms with Crippen LogP contribution in [0.25, 0.3) is 0 Å². The van der Waals surface area contributed by atoms with Gasteiger partial charge in [0.15, 0.2) is 0 Å². The number of benzene rings is 1. The van der Waals surface area contributed by atoms with Crippen molar-refractivity contribution >= 4 is 5.97 Å². The number of aryl methyl sites for hydroxylation is 1. The van der Waals surface area contributed by atoms with E-state index < -0.39 is 0 Å². The molecule has 1 aromatic carbocycles. The van der Waals surface area contributed by atoms with Gasteiger partial charge in [0.2, 0.25) is 0 Å². The van der Waals surface area contributed by atoms with Crippen LogP contribution >= 0.6 is 0 Å². The van der Waals surface area contributed by atoms with Crippen LogP contribution in [0, 0.1) is 0 Å². The fraction of sp³-hybridized carbons (Fsp3) is 0.357. The molecule has 3 nitrogen and oxygen atoms in total. The Balaban J connectivity index is 2.45. The average Bonchev–Trinajstić information content (AvgIpc) is 2.28. The highest BCUT2D eigenvalue weighted by Gasteiger charge is 2.03. The van der Waals surface area contributed by atoms with Crippen molar-refractivity contribution < 1.29 is 14.6 Å². The lowest BCUT2D eigenvalue weighted by Crippen LogP contribution is -2.06. The van der Waals surface area contributed by atoms with Gasteiger partial charge in [-0.2, -0.15) is 0 Å². The zero-order valence-corrected chi connectivity index (χ0v) is 10.1. The topological polar surface area (TPSA) is 46.5 Å². The molecule has 3 heteroatoms. The average molecular weight is 234 g/mol. The standard InChI is InChI=1S/C14H18O3/c1-3-4-13(16)8-5-12-6-9-14(10-7-12)17-11(2)15/h3,6-7,9-10,13,16H,1,4-5,8H2,2H3/t13-/m1/s1. The molecule has 0 bridgehead atoms. The summed E-state index contributed by atoms with van der Waals surface area (Å²) in [6.45, 7) is 4.96. The highest BCUT2D eigenvalue weighted by atomic mass is 16.5. The van der Waals surface area contributed by atoms with Gasteiger partial charge < -0.3 is 9.84 Å². The maximum absolute atomic E-state index is 10.7. The summed E-state index contributed by atoms with van der Waals surface area (Å²) >= 11 is 0. The van der Waals surface area contributed by atoms with Crippen molar-refractivity contribution in [3.05, 3.63) is 42.5 Å². The summed E-state index contributed by atoms with van der Waals surface area (Å²) < 4.78 is 4.93. The number of rotatable bonds is 6. The third kappa shape index (κ3) is 5.31. The van der Waals surface area contributed by atoms with Crippen LogP contribution in [0.1, 0.15) is 25.3 Å². The summed E-state index contributed by atoms with van der Waals surface area (Å²) in [6, 6.07) is 7.32. The Labute approximate surface area is 102 Å². The SMILES string of the molecule is C=CC[C@@H](O)CCc1ccc(OC(C)=O)cc1. The molecule has 0 fully saturated rings. The monoisotopic (exact) mass is 234 g/mol. The number of carbonyl (C=O) groups is 1. The van der Waals surface area contributed by atoms with Crippen LogP contribution < -0.4 is 4.74 Å². The predicted molar refractivity (Wildman–Crippen MR) is 66.9 cm³/mol. The fourth-order valence-corrected chi connectivity index (χ4v) is 1.53. The van der Waals surface area contributed by atoms with Crippen molar-refractivity contribution in [3.63, 3.8) is 0 Å². The first kappa shape index (κ1) is 13.5. The van der Waals surface area contributed by atoms with E-state index in [1.807, 2.05) is 12.1 Å². The van der Waals surface area contributed by atoms with Crippen molar-refractivity contribution in [2.45, 2.75) is 32.3 Å². The number of hydrogen-bond donors (Lipinski definition) is 1. The van der Waals surface area contributed by atoms with E-state index in [1.54, 1.807) is 18.2 Å². The van der Waals surface area contributed by atoms with Crippen molar-refractivity contribution in [2.24, 2.45) is 0 Å². The Morgan fingerprint density at radius 1 is 1.47 bits per heavy atom. The molecule has 17 heavy (non-hydrogen) atoms. The van der Waals surface area contributed by atoms with Gasteiger partial charge in [-0.15, -0.1) is 6.58 Å². The van der Waals surface area contributed by atoms with Crippen LogP contribution in [-0.4, -0.2) is 17.2 Å². The molecule has 0 saturated carbocycles. The molecule has 0 spiro atoms. The second-order valence-electron chi connectivity index (χ2n) is 3.95. The van der Waals surface area contributed by atoms with Gasteiger partial charge in [-0.05, 0) is 37.0 Å². The van der Waals surface area contributed by atoms with Crippen LogP contribution in [0.4, 0.5) is 0 Å². The Morgan fingerprint density at radius 2 is 2.12 bits per heavy atom. The van der Waals surface area contributed by atoms with Gasteiger partial charge in [0, 0.05) is 6.92 Å². The molecule has 0 heterocycles. The van der Waals surface area contributed by atoms with Crippen LogP contribution in [-0.2, 0) is 11.2 Å². The van der Waals surface area contributed by atoms with Crippen LogP contribution in [0.5, 0.6) is 5.75 Å². The lowest BCUT2D eigenvalue weighted by atomic mass is 10.1. The second kappa shape index (κ2) is 6.86. The quantitative estimate of drug-likeness (QED) is 0.467. The molecule has 0 aromatic heterocycles. The van der Waals surface area contributed by atoms with E-state index in [0.717, 1.165) is 12.0 Å². The molecule has 1 N–H and O–H groups in total. The normalized spacial score (nSPS) is 11.9. The molecule has 0 unspecified atom stereocenters. The summed E-state index contributed by atoms with van der Waals surface area (Å²) in [4.78, 5) is 10.7. The second-order valence-corrected chi connectivity index (χ2v) is 3.95. The van der Waals surface area contributed by atoms with Crippen molar-refractivity contribution in [1.29, 1.82) is 0 Å². The molecule has 0 saturated heterocycles. The molecule has 0 amide bonds. The van der Waals surface area contributed by atoms with Gasteiger partial charge in [0.05, 0.1) is 6.10 Å². The van der Waals surface area contributed by atoms with Gasteiger partial charge in [-0.25, -0.2) is 0 Å². The summed E-state index contributed by atoms with van der Waals surface area (Å²) in [5.41, 5.74) is 1.11. The van der Waals surface area contributed by atoms with E-state index in [9.17, 15) is 9.90 Å². The molecular weight excluding hydrogens is 216 g/mol. The lowest BCUT2D eigenvalue weighted by molar-refractivity contribution is -0.131. The third-order valence-electron chi connectivity index (χ3n) is 2.39. The predicted octanol–water partition coefficient (Wildman–Crippen LogP) is 2.48. The van der Waals surface area contributed by atoms with E-state index in [-0.39, 0.29) is 12.1 Å². The smallest absolute Gasteiger partial charge is 0.308 e. The minimum absolute atomic E-state index is 0.320. The number of aliphatic hydroxyl groups excluding tert-OH is 1. The summed E-state index contributed by atoms with van der Waals surface area (Å²) in [5.74, 6) is 0.229. The first-order valence-electron chi connectivity index (χ1n) is 5.68. The van der Waals surface area contributed by atoms with Gasteiger partial charge in [-0.1, -0.05) is 18.2 Å². The molecular formula is C14H18O3. The summed E-state index contributed by atoms with van der Waals surface area (Å²) in [7, 11) is 0. The highest BCUT2D eigenvalue weighted by Crippen LogP contribution is 2.14. The first-order chi connectivity index (χ1) is 8.11. The minimum Gasteiger partial charge on any atom is -0.427 e. The maximum atomic E-state index is 10.7. The molecule has 1 atom stereocenters. The van der Waals surface area contributed by atoms with Gasteiger partial charge in [0.1, 0.15) is 5.75 Å². The number of carbonyl (C=O) groups excluding carboxylic acids is 1. The summed E-state index contributed by atoms with van der Waals surface area (Å²) in [6.07, 6.45) is 3.51. The van der Waals surface area contributed by atoms with E-state index in [4.69, 9.17) is 4.74 Å². The Bertz CT molecular complexity index is 368. The number of ether oxygens (including phenoxy) is 1. The highest BCUT2D eigenvalue weighted by molar-refractivity contribution is 5.69. The zero-order chi connectivity index (χ0) is 12.7. The first-order valence-corrected chi connectivity index (χ1v) is 5.68. The number of hydrogen-bond acceptors (Lipinski definition) is 3. The largest absolute Gasteiger partial charge is 0.427 e. The molecule has 0 radical (unpaired) electrons. The van der Waals surface area contributed by atoms with E-state index in [0.29, 0.717) is 18.6 Å². The maximum Gasteiger partial charge on any atom is 0.308 e. The van der Waals surface area contributed by atoms with Crippen molar-refractivity contribution in [1.82, 2.24) is 0 Å². The third-order valence-corrected chi connectivity index (χ3v) is 2.39. The van der Waals surface area contributed by atoms with E-state index >= 15 is 0 Å². The lowest BCUT2D eigenvalue weighted by Gasteiger charge is -2.08. The Hall–Kier alpha value is -1.61. The molecule has 1 rings (SSSR count). The van der Waals surface area contributed by atoms with Crippen molar-refractivity contribution in [2.75, 3.05) is 0 Å². The summed E-state index contributed by atoms with van der Waals surface area (Å²) in [5, 5.41) is 9.54. The Morgan fingerprint density at radius 3 is 2.65 bits per heavy atom. The molecule has 0 aliphatic rings. The zero-order valence-electron chi connectivity index (χ0n) is 10.1. The van der Waals surface area contributed by atoms with Crippen LogP contribution in [0.3, 0.4) is 0 Å². The fourth-order valence-electron chi connectivity index (χ4n) is 1.53. The van der Waals surface area contributed by atoms with Gasteiger partial charge >= 0.3 is 5.97 Å². The van der Waals surface area contributed by atoms with Crippen molar-refractivity contribution in [3.8, 4) is 5.75 Å².